The molecule has 14 heteroatoms. The zero-order chi connectivity index (χ0) is 27.4. The Balaban J connectivity index is 0.000000252. The van der Waals surface area contributed by atoms with Crippen molar-refractivity contribution in [2.75, 3.05) is 0 Å². The molecule has 14 nitrogen and oxygen atoms in total. The molecule has 0 radical (unpaired) electrons. The van der Waals surface area contributed by atoms with Gasteiger partial charge in [0.1, 0.15) is 11.0 Å². The van der Waals surface area contributed by atoms with Gasteiger partial charge < -0.3 is 9.97 Å². The van der Waals surface area contributed by atoms with Crippen LogP contribution >= 0.6 is 0 Å². The summed E-state index contributed by atoms with van der Waals surface area (Å²) in [6, 6.07) is 0. The lowest BCUT2D eigenvalue weighted by molar-refractivity contribution is 0.644. The second-order valence-electron chi connectivity index (χ2n) is 8.07. The Labute approximate surface area is 219 Å². The summed E-state index contributed by atoms with van der Waals surface area (Å²) in [6.07, 6.45) is 10.6. The smallest absolute Gasteiger partial charge is 0.278 e. The molecule has 0 aromatic carbocycles. The van der Waals surface area contributed by atoms with Crippen molar-refractivity contribution >= 4 is 22.1 Å². The number of hydrogen-bond acceptors (Lipinski definition) is 8. The summed E-state index contributed by atoms with van der Waals surface area (Å²) in [5, 5.41) is 24.2. The number of pyridine rings is 2. The maximum atomic E-state index is 11.8. The molecule has 0 aliphatic carbocycles. The van der Waals surface area contributed by atoms with Crippen molar-refractivity contribution in [3.05, 3.63) is 57.9 Å². The quantitative estimate of drug-likeness (QED) is 0.357. The molecule has 202 valence electrons. The molecule has 38 heavy (non-hydrogen) atoms. The fourth-order valence-electron chi connectivity index (χ4n) is 4.00. The van der Waals surface area contributed by atoms with E-state index in [2.05, 4.69) is 40.8 Å². The van der Waals surface area contributed by atoms with Crippen molar-refractivity contribution in [3.8, 4) is 22.3 Å². The van der Waals surface area contributed by atoms with Crippen LogP contribution in [0.2, 0.25) is 0 Å². The van der Waals surface area contributed by atoms with Crippen LogP contribution in [0.3, 0.4) is 0 Å². The fraction of sp³-hybridized carbons (Fsp3) is 0.333. The zero-order valence-corrected chi connectivity index (χ0v) is 22.2. The number of rotatable bonds is 4. The van der Waals surface area contributed by atoms with Gasteiger partial charge in [-0.3, -0.25) is 19.0 Å². The van der Waals surface area contributed by atoms with Gasteiger partial charge in [-0.1, -0.05) is 24.3 Å². The molecule has 6 aromatic heterocycles. The van der Waals surface area contributed by atoms with Gasteiger partial charge in [0.2, 0.25) is 0 Å². The zero-order valence-electron chi connectivity index (χ0n) is 22.2. The summed E-state index contributed by atoms with van der Waals surface area (Å²) in [4.78, 5) is 28.9. The molecule has 2 N–H and O–H groups in total. The Morgan fingerprint density at radius 2 is 1.24 bits per heavy atom. The third-order valence-electron chi connectivity index (χ3n) is 5.74. The van der Waals surface area contributed by atoms with E-state index in [1.54, 1.807) is 43.5 Å². The van der Waals surface area contributed by atoms with Gasteiger partial charge in [-0.2, -0.15) is 10.2 Å². The first-order valence-electron chi connectivity index (χ1n) is 12.3. The van der Waals surface area contributed by atoms with E-state index in [-0.39, 0.29) is 14.0 Å². The highest BCUT2D eigenvalue weighted by Crippen LogP contribution is 2.25. The van der Waals surface area contributed by atoms with Crippen LogP contribution in [0.5, 0.6) is 0 Å². The van der Waals surface area contributed by atoms with Crippen LogP contribution in [0.4, 0.5) is 0 Å². The monoisotopic (exact) mass is 522 g/mol. The lowest BCUT2D eigenvalue weighted by Crippen LogP contribution is -2.11. The van der Waals surface area contributed by atoms with Crippen molar-refractivity contribution in [2.45, 2.75) is 40.8 Å². The highest BCUT2D eigenvalue weighted by Gasteiger charge is 2.15. The molecule has 0 bridgehead atoms. The van der Waals surface area contributed by atoms with E-state index in [9.17, 15) is 9.59 Å². The van der Waals surface area contributed by atoms with Crippen molar-refractivity contribution in [1.29, 1.82) is 0 Å². The number of nitrogens with one attached hydrogen (secondary N) is 2. The number of nitrogens with zero attached hydrogens (tertiary/aromatic N) is 10. The molecule has 0 spiro atoms. The van der Waals surface area contributed by atoms with E-state index >= 15 is 0 Å². The third-order valence-corrected chi connectivity index (χ3v) is 5.74. The molecular formula is C24H34N12O2. The van der Waals surface area contributed by atoms with Crippen LogP contribution in [-0.2, 0) is 27.2 Å². The molecular weight excluding hydrogens is 488 g/mol. The first-order valence-corrected chi connectivity index (χ1v) is 12.3. The highest BCUT2D eigenvalue weighted by atomic mass is 16.1. The van der Waals surface area contributed by atoms with Gasteiger partial charge in [0.15, 0.2) is 11.0 Å². The molecule has 0 atom stereocenters. The minimum Gasteiger partial charge on any atom is -0.326 e. The summed E-state index contributed by atoms with van der Waals surface area (Å²) in [6.45, 7) is 9.15. The van der Waals surface area contributed by atoms with E-state index in [4.69, 9.17) is 0 Å². The first kappa shape index (κ1) is 26.2. The topological polar surface area (TPSA) is 163 Å². The number of H-pyrrole nitrogens is 2. The molecule has 6 heterocycles. The number of hydrogen-bond donors (Lipinski definition) is 2. The van der Waals surface area contributed by atoms with Gasteiger partial charge in [0, 0.05) is 77.1 Å². The van der Waals surface area contributed by atoms with Crippen LogP contribution < -0.4 is 11.1 Å². The summed E-state index contributed by atoms with van der Waals surface area (Å²) in [5.41, 5.74) is 5.35. The largest absolute Gasteiger partial charge is 0.326 e. The van der Waals surface area contributed by atoms with Gasteiger partial charge in [-0.15, -0.1) is 10.2 Å². The molecule has 0 aliphatic rings. The van der Waals surface area contributed by atoms with E-state index in [0.29, 0.717) is 29.6 Å². The molecule has 0 amide bonds. The number of fused-ring (bicyclic) bond motifs is 2. The lowest BCUT2D eigenvalue weighted by Gasteiger charge is -2.02. The number of aromatic nitrogens is 12. The maximum Gasteiger partial charge on any atom is 0.278 e. The van der Waals surface area contributed by atoms with Gasteiger partial charge >= 0.3 is 0 Å². The van der Waals surface area contributed by atoms with Gasteiger partial charge in [-0.25, -0.2) is 9.36 Å². The molecule has 0 unspecified atom stereocenters. The normalized spacial score (nSPS) is 10.8. The summed E-state index contributed by atoms with van der Waals surface area (Å²) < 4.78 is 6.73. The maximum absolute atomic E-state index is 11.8. The second-order valence-corrected chi connectivity index (χ2v) is 8.07. The van der Waals surface area contributed by atoms with Gasteiger partial charge in [0.25, 0.3) is 11.1 Å². The summed E-state index contributed by atoms with van der Waals surface area (Å²) in [5.74, 6) is 0. The molecule has 6 rings (SSSR count). The molecule has 0 saturated heterocycles. The summed E-state index contributed by atoms with van der Waals surface area (Å²) in [7, 11) is 3.69. The molecule has 0 aliphatic heterocycles. The average Bonchev–Trinajstić information content (AvgIpc) is 3.73. The highest BCUT2D eigenvalue weighted by molar-refractivity contribution is 5.91. The Hall–Kier alpha value is -4.88. The average molecular weight is 523 g/mol. The van der Waals surface area contributed by atoms with Crippen LogP contribution in [-0.4, -0.2) is 59.5 Å². The van der Waals surface area contributed by atoms with Crippen LogP contribution in [0.25, 0.3) is 44.3 Å². The van der Waals surface area contributed by atoms with Crippen molar-refractivity contribution in [3.63, 3.8) is 0 Å². The Morgan fingerprint density at radius 1 is 0.737 bits per heavy atom. The Kier molecular flexibility index (Phi) is 7.60. The Bertz CT molecular complexity index is 1810. The van der Waals surface area contributed by atoms with Crippen molar-refractivity contribution < 1.29 is 2.85 Å². The van der Waals surface area contributed by atoms with Crippen LogP contribution in [0.1, 0.15) is 30.5 Å². The fourth-order valence-corrected chi connectivity index (χ4v) is 4.00. The first-order chi connectivity index (χ1) is 18.4. The van der Waals surface area contributed by atoms with Crippen molar-refractivity contribution in [2.24, 2.45) is 14.1 Å². The number of aryl methyl sites for hydroxylation is 4. The van der Waals surface area contributed by atoms with Crippen molar-refractivity contribution in [1.82, 2.24) is 59.5 Å². The van der Waals surface area contributed by atoms with E-state index in [0.717, 1.165) is 27.8 Å². The second kappa shape index (κ2) is 11.0. The van der Waals surface area contributed by atoms with Crippen LogP contribution in [0.15, 0.2) is 46.8 Å². The number of aromatic amines is 2. The SMILES string of the molecule is CC.CCn1nnc2c(-c3cnn(C)c3)c[nH]c(=O)c21.CCn1nnc2c(=O)[nH]cc(-c3cnn(C)c3)c21.[HH].[HH]. The van der Waals surface area contributed by atoms with Crippen LogP contribution in [0, 0.1) is 0 Å². The van der Waals surface area contributed by atoms with Gasteiger partial charge in [-0.05, 0) is 13.8 Å². The van der Waals surface area contributed by atoms with Gasteiger partial charge in [0.05, 0.1) is 12.4 Å². The van der Waals surface area contributed by atoms with E-state index in [1.807, 2.05) is 54.2 Å². The lowest BCUT2D eigenvalue weighted by atomic mass is 10.1. The predicted molar refractivity (Wildman–Crippen MR) is 148 cm³/mol. The molecule has 0 fully saturated rings. The molecule has 0 saturated carbocycles. The summed E-state index contributed by atoms with van der Waals surface area (Å²) >= 11 is 0. The minimum absolute atomic E-state index is 0. The Morgan fingerprint density at radius 3 is 1.79 bits per heavy atom. The minimum atomic E-state index is -0.225. The standard InChI is InChI=1S/2C11H12N6O.C2H6.2H2/c1-3-17-10-8(7-4-13-16(2)6-7)5-12-11(18)9(10)14-15-17;1-3-17-10-9(14-15-17)8(5-12-11(10)18)7-4-13-16(2)6-7;1-2;;/h2*4-6H,3H2,1-2H3,(H,12,18);1-2H3;2*1H. The third kappa shape index (κ3) is 4.75. The van der Waals surface area contributed by atoms with E-state index in [1.165, 1.54) is 0 Å². The predicted octanol–water partition coefficient (Wildman–Crippen LogP) is 2.60. The van der Waals surface area contributed by atoms with E-state index < -0.39 is 0 Å². The molecule has 6 aromatic rings.